The highest BCUT2D eigenvalue weighted by atomic mass is 16.4. The molecular formula is C12H13NO4. The fourth-order valence-electron chi connectivity index (χ4n) is 1.99. The highest BCUT2D eigenvalue weighted by Gasteiger charge is 2.35. The second kappa shape index (κ2) is 4.25. The van der Waals surface area contributed by atoms with Crippen LogP contribution in [0, 0.1) is 0 Å². The minimum Gasteiger partial charge on any atom is -0.478 e. The van der Waals surface area contributed by atoms with Gasteiger partial charge in [-0.2, -0.15) is 0 Å². The summed E-state index contributed by atoms with van der Waals surface area (Å²) in [6.45, 7) is 0. The number of aromatic nitrogens is 1. The smallest absolute Gasteiger partial charge is 0.337 e. The highest BCUT2D eigenvalue weighted by molar-refractivity contribution is 5.87. The summed E-state index contributed by atoms with van der Waals surface area (Å²) >= 11 is 0. The number of aromatic carboxylic acids is 1. The molecule has 2 rings (SSSR count). The van der Waals surface area contributed by atoms with E-state index in [1.54, 1.807) is 0 Å². The van der Waals surface area contributed by atoms with Gasteiger partial charge in [0, 0.05) is 19.0 Å². The van der Waals surface area contributed by atoms with Crippen molar-refractivity contribution in [2.75, 3.05) is 0 Å². The second-order valence-corrected chi connectivity index (χ2v) is 4.31. The molecule has 1 fully saturated rings. The van der Waals surface area contributed by atoms with Crippen molar-refractivity contribution < 1.29 is 19.8 Å². The van der Waals surface area contributed by atoms with Crippen LogP contribution < -0.4 is 0 Å². The molecule has 0 spiro atoms. The van der Waals surface area contributed by atoms with Crippen LogP contribution in [0.2, 0.25) is 0 Å². The van der Waals surface area contributed by atoms with E-state index < -0.39 is 11.6 Å². The summed E-state index contributed by atoms with van der Waals surface area (Å²) < 4.78 is 0. The number of carboxylic acids is 1. The normalized spacial score (nSPS) is 19.0. The number of carbonyl (C=O) groups is 2. The van der Waals surface area contributed by atoms with E-state index in [1.165, 1.54) is 18.3 Å². The molecular weight excluding hydrogens is 222 g/mol. The summed E-state index contributed by atoms with van der Waals surface area (Å²) in [4.78, 5) is 25.8. The standard InChI is InChI=1S/C12H13NO4/c14-9-3-5-12(17,6-4-9)10-2-1-8(7-13-10)11(15)16/h1-2,7,17H,3-6H2,(H,15,16). The molecule has 5 nitrogen and oxygen atoms in total. The van der Waals surface area contributed by atoms with E-state index in [2.05, 4.69) is 4.98 Å². The Morgan fingerprint density at radius 2 is 1.94 bits per heavy atom. The molecule has 1 aliphatic rings. The monoisotopic (exact) mass is 235 g/mol. The summed E-state index contributed by atoms with van der Waals surface area (Å²) in [5.41, 5.74) is -0.565. The summed E-state index contributed by atoms with van der Waals surface area (Å²) in [6.07, 6.45) is 2.63. The average molecular weight is 235 g/mol. The minimum atomic E-state index is -1.09. The molecule has 0 aromatic carbocycles. The zero-order valence-electron chi connectivity index (χ0n) is 9.22. The molecule has 1 aromatic heterocycles. The van der Waals surface area contributed by atoms with Gasteiger partial charge in [-0.25, -0.2) is 4.79 Å². The Balaban J connectivity index is 2.22. The molecule has 5 heteroatoms. The Bertz CT molecular complexity index is 442. The molecule has 1 saturated carbocycles. The first-order valence-electron chi connectivity index (χ1n) is 5.45. The number of nitrogens with zero attached hydrogens (tertiary/aromatic N) is 1. The SMILES string of the molecule is O=C1CCC(O)(c2ccc(C(=O)O)cn2)CC1. The lowest BCUT2D eigenvalue weighted by Crippen LogP contribution is -2.32. The van der Waals surface area contributed by atoms with Crippen molar-refractivity contribution in [3.8, 4) is 0 Å². The molecule has 0 unspecified atom stereocenters. The van der Waals surface area contributed by atoms with Gasteiger partial charge in [0.1, 0.15) is 11.4 Å². The number of hydrogen-bond acceptors (Lipinski definition) is 4. The van der Waals surface area contributed by atoms with Crippen molar-refractivity contribution in [1.82, 2.24) is 4.98 Å². The van der Waals surface area contributed by atoms with Crippen molar-refractivity contribution >= 4 is 11.8 Å². The van der Waals surface area contributed by atoms with Gasteiger partial charge in [-0.1, -0.05) is 0 Å². The quantitative estimate of drug-likeness (QED) is 0.801. The molecule has 1 heterocycles. The molecule has 0 radical (unpaired) electrons. The maximum absolute atomic E-state index is 11.1. The average Bonchev–Trinajstić information content (AvgIpc) is 2.33. The Morgan fingerprint density at radius 1 is 1.29 bits per heavy atom. The number of pyridine rings is 1. The predicted molar refractivity (Wildman–Crippen MR) is 58.6 cm³/mol. The van der Waals surface area contributed by atoms with E-state index in [4.69, 9.17) is 5.11 Å². The molecule has 17 heavy (non-hydrogen) atoms. The van der Waals surface area contributed by atoms with Crippen molar-refractivity contribution in [1.29, 1.82) is 0 Å². The van der Waals surface area contributed by atoms with Gasteiger partial charge in [-0.3, -0.25) is 9.78 Å². The molecule has 0 saturated heterocycles. The van der Waals surface area contributed by atoms with Crippen LogP contribution in [0.3, 0.4) is 0 Å². The number of carbonyl (C=O) groups excluding carboxylic acids is 1. The number of rotatable bonds is 2. The Morgan fingerprint density at radius 3 is 2.41 bits per heavy atom. The predicted octanol–water partition coefficient (Wildman–Crippen LogP) is 1.11. The summed E-state index contributed by atoms with van der Waals surface area (Å²) in [6, 6.07) is 2.93. The van der Waals surface area contributed by atoms with E-state index in [9.17, 15) is 14.7 Å². The Labute approximate surface area is 98.1 Å². The topological polar surface area (TPSA) is 87.5 Å². The van der Waals surface area contributed by atoms with Gasteiger partial charge in [0.05, 0.1) is 11.3 Å². The second-order valence-electron chi connectivity index (χ2n) is 4.31. The van der Waals surface area contributed by atoms with Crippen LogP contribution >= 0.6 is 0 Å². The lowest BCUT2D eigenvalue weighted by molar-refractivity contribution is -0.125. The Kier molecular flexibility index (Phi) is 2.93. The number of carboxylic acid groups (broad SMARTS) is 1. The van der Waals surface area contributed by atoms with Gasteiger partial charge in [-0.05, 0) is 25.0 Å². The first kappa shape index (κ1) is 11.7. The van der Waals surface area contributed by atoms with Crippen molar-refractivity contribution in [2.24, 2.45) is 0 Å². The lowest BCUT2D eigenvalue weighted by Gasteiger charge is -2.30. The van der Waals surface area contributed by atoms with Crippen molar-refractivity contribution in [3.63, 3.8) is 0 Å². The third kappa shape index (κ3) is 2.34. The van der Waals surface area contributed by atoms with Crippen LogP contribution in [0.25, 0.3) is 0 Å². The van der Waals surface area contributed by atoms with Crippen LogP contribution in [0.1, 0.15) is 41.7 Å². The molecule has 1 aromatic rings. The van der Waals surface area contributed by atoms with Gasteiger partial charge < -0.3 is 10.2 Å². The van der Waals surface area contributed by atoms with Crippen LogP contribution in [0.5, 0.6) is 0 Å². The van der Waals surface area contributed by atoms with E-state index in [0.717, 1.165) is 0 Å². The van der Waals surface area contributed by atoms with E-state index in [-0.39, 0.29) is 11.3 Å². The lowest BCUT2D eigenvalue weighted by atomic mass is 9.81. The van der Waals surface area contributed by atoms with Gasteiger partial charge >= 0.3 is 5.97 Å². The van der Waals surface area contributed by atoms with Gasteiger partial charge in [-0.15, -0.1) is 0 Å². The molecule has 0 bridgehead atoms. The van der Waals surface area contributed by atoms with Crippen LogP contribution in [0.15, 0.2) is 18.3 Å². The largest absolute Gasteiger partial charge is 0.478 e. The summed E-state index contributed by atoms with van der Waals surface area (Å²) in [7, 11) is 0. The summed E-state index contributed by atoms with van der Waals surface area (Å²) in [5, 5.41) is 19.1. The fourth-order valence-corrected chi connectivity index (χ4v) is 1.99. The van der Waals surface area contributed by atoms with Gasteiger partial charge in [0.15, 0.2) is 0 Å². The maximum Gasteiger partial charge on any atom is 0.337 e. The fraction of sp³-hybridized carbons (Fsp3) is 0.417. The first-order chi connectivity index (χ1) is 8.01. The zero-order valence-corrected chi connectivity index (χ0v) is 9.22. The van der Waals surface area contributed by atoms with E-state index in [0.29, 0.717) is 31.4 Å². The Hall–Kier alpha value is -1.75. The van der Waals surface area contributed by atoms with Crippen molar-refractivity contribution in [3.05, 3.63) is 29.6 Å². The van der Waals surface area contributed by atoms with Crippen LogP contribution in [-0.2, 0) is 10.4 Å². The zero-order chi connectivity index (χ0) is 12.5. The molecule has 2 N–H and O–H groups in total. The third-order valence-electron chi connectivity index (χ3n) is 3.12. The number of Topliss-reactive ketones (excluding diaryl/α,β-unsaturated/α-hetero) is 1. The van der Waals surface area contributed by atoms with E-state index in [1.807, 2.05) is 0 Å². The van der Waals surface area contributed by atoms with Crippen LogP contribution in [0.4, 0.5) is 0 Å². The molecule has 90 valence electrons. The number of aliphatic hydroxyl groups is 1. The molecule has 1 aliphatic carbocycles. The van der Waals surface area contributed by atoms with Crippen LogP contribution in [-0.4, -0.2) is 26.9 Å². The highest BCUT2D eigenvalue weighted by Crippen LogP contribution is 2.34. The molecule has 0 atom stereocenters. The first-order valence-corrected chi connectivity index (χ1v) is 5.45. The third-order valence-corrected chi connectivity index (χ3v) is 3.12. The number of ketones is 1. The van der Waals surface area contributed by atoms with Gasteiger partial charge in [0.25, 0.3) is 0 Å². The van der Waals surface area contributed by atoms with Gasteiger partial charge in [0.2, 0.25) is 0 Å². The van der Waals surface area contributed by atoms with E-state index >= 15 is 0 Å². The minimum absolute atomic E-state index is 0.0873. The summed E-state index contributed by atoms with van der Waals surface area (Å²) in [5.74, 6) is -0.897. The number of hydrogen-bond donors (Lipinski definition) is 2. The molecule has 0 aliphatic heterocycles. The maximum atomic E-state index is 11.1. The molecule has 0 amide bonds. The van der Waals surface area contributed by atoms with Crippen molar-refractivity contribution in [2.45, 2.75) is 31.3 Å².